The number of nitrogens with zero attached hydrogens (tertiary/aromatic N) is 2. The molecule has 1 aromatic carbocycles. The van der Waals surface area contributed by atoms with Gasteiger partial charge in [-0.05, 0) is 12.1 Å². The van der Waals surface area contributed by atoms with E-state index in [9.17, 15) is 10.1 Å². The third kappa shape index (κ3) is 2.15. The average Bonchev–Trinajstić information content (AvgIpc) is 2.08. The lowest BCUT2D eigenvalue weighted by Crippen LogP contribution is -2.18. The van der Waals surface area contributed by atoms with Crippen LogP contribution in [0.15, 0.2) is 18.2 Å². The van der Waals surface area contributed by atoms with Crippen molar-refractivity contribution < 1.29 is 5.03 Å². The predicted molar refractivity (Wildman–Crippen MR) is 51.8 cm³/mol. The van der Waals surface area contributed by atoms with Crippen molar-refractivity contribution in [1.82, 2.24) is 0 Å². The van der Waals surface area contributed by atoms with Crippen LogP contribution in [0.3, 0.4) is 0 Å². The number of nitro groups is 1. The van der Waals surface area contributed by atoms with Crippen LogP contribution in [-0.4, -0.2) is 5.03 Å². The van der Waals surface area contributed by atoms with Crippen LogP contribution in [0.1, 0.15) is 0 Å². The molecule has 0 atom stereocenters. The Kier molecular flexibility index (Phi) is 3.19. The molecule has 0 aromatic heterocycles. The molecule has 0 N–H and O–H groups in total. The van der Waals surface area contributed by atoms with Crippen molar-refractivity contribution in [3.63, 3.8) is 0 Å². The smallest absolute Gasteiger partial charge is 0.181 e. The maximum absolute atomic E-state index is 10.3. The second-order valence-corrected chi connectivity index (χ2v) is 3.18. The van der Waals surface area contributed by atoms with Crippen LogP contribution in [0.5, 0.6) is 0 Å². The zero-order valence-electron chi connectivity index (χ0n) is 6.08. The quantitative estimate of drug-likeness (QED) is 0.454. The summed E-state index contributed by atoms with van der Waals surface area (Å²) in [7, 11) is 0. The standard InChI is InChI=1S/C6H3Cl3N2O2/c7-4-2-1-3-5(6(4)8)10(9)11(12)13/h1-3H. The number of benzene rings is 1. The Bertz CT molecular complexity index is 345. The Labute approximate surface area is 88.8 Å². The average molecular weight is 241 g/mol. The third-order valence-electron chi connectivity index (χ3n) is 1.27. The van der Waals surface area contributed by atoms with Gasteiger partial charge in [0.15, 0.2) is 5.03 Å². The highest BCUT2D eigenvalue weighted by molar-refractivity contribution is 6.44. The van der Waals surface area contributed by atoms with Crippen LogP contribution in [-0.2, 0) is 0 Å². The third-order valence-corrected chi connectivity index (χ3v) is 2.39. The number of hydrogen-bond acceptors (Lipinski definition) is 2. The lowest BCUT2D eigenvalue weighted by molar-refractivity contribution is -0.475. The fourth-order valence-corrected chi connectivity index (χ4v) is 1.28. The highest BCUT2D eigenvalue weighted by atomic mass is 35.5. The van der Waals surface area contributed by atoms with Gasteiger partial charge in [-0.3, -0.25) is 0 Å². The van der Waals surface area contributed by atoms with Gasteiger partial charge in [-0.2, -0.15) is 0 Å². The molecule has 0 saturated carbocycles. The molecule has 0 fully saturated rings. The van der Waals surface area contributed by atoms with E-state index < -0.39 is 5.03 Å². The van der Waals surface area contributed by atoms with E-state index >= 15 is 0 Å². The zero-order valence-corrected chi connectivity index (χ0v) is 8.34. The second-order valence-electron chi connectivity index (χ2n) is 2.07. The Morgan fingerprint density at radius 2 is 2.00 bits per heavy atom. The molecule has 0 amide bonds. The van der Waals surface area contributed by atoms with Crippen LogP contribution in [0.2, 0.25) is 10.0 Å². The molecule has 1 rings (SSSR count). The maximum Gasteiger partial charge on any atom is 0.181 e. The van der Waals surface area contributed by atoms with Crippen LogP contribution in [0, 0.1) is 10.1 Å². The number of hydrazine groups is 1. The van der Waals surface area contributed by atoms with Crippen molar-refractivity contribution in [3.8, 4) is 0 Å². The van der Waals surface area contributed by atoms with Crippen molar-refractivity contribution >= 4 is 40.7 Å². The molecule has 0 spiro atoms. The van der Waals surface area contributed by atoms with Gasteiger partial charge in [0.05, 0.1) is 21.8 Å². The Hall–Kier alpha value is -0.710. The number of rotatable bonds is 2. The van der Waals surface area contributed by atoms with Gasteiger partial charge in [0.1, 0.15) is 5.69 Å². The molecule has 7 heteroatoms. The fourth-order valence-electron chi connectivity index (χ4n) is 0.723. The summed E-state index contributed by atoms with van der Waals surface area (Å²) >= 11 is 16.6. The number of anilines is 1. The highest BCUT2D eigenvalue weighted by Gasteiger charge is 2.18. The summed E-state index contributed by atoms with van der Waals surface area (Å²) in [4.78, 5) is 10.3. The van der Waals surface area contributed by atoms with E-state index in [1.165, 1.54) is 18.2 Å². The van der Waals surface area contributed by atoms with Gasteiger partial charge in [-0.1, -0.05) is 29.3 Å². The monoisotopic (exact) mass is 240 g/mol. The van der Waals surface area contributed by atoms with Gasteiger partial charge in [0.25, 0.3) is 0 Å². The van der Waals surface area contributed by atoms with E-state index in [0.717, 1.165) is 0 Å². The Morgan fingerprint density at radius 1 is 1.38 bits per heavy atom. The summed E-state index contributed by atoms with van der Waals surface area (Å²) in [5.41, 5.74) is 0.0424. The first-order chi connectivity index (χ1) is 6.04. The molecule has 1 aromatic rings. The molecule has 4 nitrogen and oxygen atoms in total. The topological polar surface area (TPSA) is 46.4 Å². The van der Waals surface area contributed by atoms with Gasteiger partial charge < -0.3 is 0 Å². The van der Waals surface area contributed by atoms with E-state index in [-0.39, 0.29) is 20.3 Å². The molecule has 0 bridgehead atoms. The molecule has 0 aliphatic heterocycles. The Morgan fingerprint density at radius 3 is 2.54 bits per heavy atom. The summed E-state index contributed by atoms with van der Waals surface area (Å²) in [6.07, 6.45) is 0. The first kappa shape index (κ1) is 10.4. The lowest BCUT2D eigenvalue weighted by atomic mass is 10.3. The number of hydrogen-bond donors (Lipinski definition) is 0. The van der Waals surface area contributed by atoms with E-state index in [4.69, 9.17) is 35.0 Å². The van der Waals surface area contributed by atoms with Gasteiger partial charge in [0, 0.05) is 4.53 Å². The number of halogens is 3. The zero-order chi connectivity index (χ0) is 10.0. The molecule has 13 heavy (non-hydrogen) atoms. The van der Waals surface area contributed by atoms with E-state index in [1.807, 2.05) is 0 Å². The predicted octanol–water partition coefficient (Wildman–Crippen LogP) is 3.15. The minimum Gasteiger partial charge on any atom is -0.233 e. The van der Waals surface area contributed by atoms with Gasteiger partial charge >= 0.3 is 0 Å². The normalized spacial score (nSPS) is 9.77. The van der Waals surface area contributed by atoms with E-state index in [0.29, 0.717) is 0 Å². The first-order valence-electron chi connectivity index (χ1n) is 3.08. The van der Waals surface area contributed by atoms with Crippen molar-refractivity contribution in [2.75, 3.05) is 4.53 Å². The van der Waals surface area contributed by atoms with E-state index in [1.54, 1.807) is 0 Å². The molecule has 0 heterocycles. The molecule has 0 aliphatic rings. The summed E-state index contributed by atoms with van der Waals surface area (Å²) in [6, 6.07) is 4.42. The van der Waals surface area contributed by atoms with Gasteiger partial charge in [-0.15, -0.1) is 0 Å². The van der Waals surface area contributed by atoms with Crippen LogP contribution in [0.25, 0.3) is 0 Å². The summed E-state index contributed by atoms with van der Waals surface area (Å²) < 4.78 is 0.286. The van der Waals surface area contributed by atoms with Crippen LogP contribution >= 0.6 is 35.0 Å². The van der Waals surface area contributed by atoms with Crippen LogP contribution < -0.4 is 4.53 Å². The molecule has 0 saturated heterocycles. The Balaban J connectivity index is 3.15. The largest absolute Gasteiger partial charge is 0.233 e. The van der Waals surface area contributed by atoms with Crippen molar-refractivity contribution in [2.24, 2.45) is 0 Å². The molecule has 0 unspecified atom stereocenters. The first-order valence-corrected chi connectivity index (χ1v) is 4.17. The summed E-state index contributed by atoms with van der Waals surface area (Å²) in [5.74, 6) is 0. The van der Waals surface area contributed by atoms with Gasteiger partial charge in [-0.25, -0.2) is 10.1 Å². The highest BCUT2D eigenvalue weighted by Crippen LogP contribution is 2.33. The van der Waals surface area contributed by atoms with Crippen molar-refractivity contribution in [1.29, 1.82) is 0 Å². The van der Waals surface area contributed by atoms with E-state index in [2.05, 4.69) is 0 Å². The molecular formula is C6H3Cl3N2O2. The molecule has 0 radical (unpaired) electrons. The minimum atomic E-state index is -0.806. The molecular weight excluding hydrogens is 238 g/mol. The van der Waals surface area contributed by atoms with Crippen LogP contribution in [0.4, 0.5) is 5.69 Å². The minimum absolute atomic E-state index is 0.0424. The molecule has 0 aliphatic carbocycles. The SMILES string of the molecule is O=[N+]([O-])N(Cl)c1cccc(Cl)c1Cl. The fraction of sp³-hybridized carbons (Fsp3) is 0. The van der Waals surface area contributed by atoms with Crippen molar-refractivity contribution in [3.05, 3.63) is 38.4 Å². The second kappa shape index (κ2) is 4.00. The summed E-state index contributed by atoms with van der Waals surface area (Å²) in [6.45, 7) is 0. The lowest BCUT2D eigenvalue weighted by Gasteiger charge is -2.06. The summed E-state index contributed by atoms with van der Waals surface area (Å²) in [5, 5.41) is 9.72. The van der Waals surface area contributed by atoms with Gasteiger partial charge in [0.2, 0.25) is 0 Å². The molecule has 70 valence electrons. The maximum atomic E-state index is 10.3. The van der Waals surface area contributed by atoms with Crippen molar-refractivity contribution in [2.45, 2.75) is 0 Å².